The van der Waals surface area contributed by atoms with E-state index in [2.05, 4.69) is 193 Å². The molecule has 0 atom stereocenters. The van der Waals surface area contributed by atoms with Crippen LogP contribution in [0.4, 0.5) is 0 Å². The molecule has 0 saturated heterocycles. The maximum absolute atomic E-state index is 5.26. The molecular weight excluding hydrogens is 693 g/mol. The number of nitrogens with zero attached hydrogens (tertiary/aromatic N) is 4. The Balaban J connectivity index is 1.13. The van der Waals surface area contributed by atoms with Crippen LogP contribution in [0.1, 0.15) is 0 Å². The summed E-state index contributed by atoms with van der Waals surface area (Å²) in [5, 5.41) is 7.34. The summed E-state index contributed by atoms with van der Waals surface area (Å²) in [6.07, 6.45) is 0. The molecule has 0 N–H and O–H groups in total. The number of aromatic nitrogens is 4. The number of fused-ring (bicyclic) bond motifs is 6. The Morgan fingerprint density at radius 3 is 1.46 bits per heavy atom. The number of hydrogen-bond acceptors (Lipinski definition) is 3. The highest BCUT2D eigenvalue weighted by molar-refractivity contribution is 6.14. The zero-order valence-corrected chi connectivity index (χ0v) is 30.9. The van der Waals surface area contributed by atoms with Crippen LogP contribution >= 0.6 is 0 Å². The first kappa shape index (κ1) is 32.7. The zero-order valence-electron chi connectivity index (χ0n) is 30.9. The fraction of sp³-hybridized carbons (Fsp3) is 0. The maximum Gasteiger partial charge on any atom is 0.164 e. The lowest BCUT2D eigenvalue weighted by Crippen LogP contribution is -2.02. The topological polar surface area (TPSA) is 43.6 Å². The van der Waals surface area contributed by atoms with Crippen LogP contribution in [0.3, 0.4) is 0 Å². The fourth-order valence-corrected chi connectivity index (χ4v) is 8.37. The third-order valence-corrected chi connectivity index (χ3v) is 11.0. The van der Waals surface area contributed by atoms with Gasteiger partial charge in [-0.05, 0) is 68.6 Å². The van der Waals surface area contributed by atoms with E-state index in [4.69, 9.17) is 15.0 Å². The van der Waals surface area contributed by atoms with Crippen molar-refractivity contribution in [3.8, 4) is 62.1 Å². The number of benzene rings is 9. The normalized spacial score (nSPS) is 11.5. The van der Waals surface area contributed by atoms with E-state index in [1.54, 1.807) is 0 Å². The minimum absolute atomic E-state index is 0.613. The molecule has 0 unspecified atom stereocenters. The Labute approximate surface area is 330 Å². The molecule has 9 aromatic carbocycles. The summed E-state index contributed by atoms with van der Waals surface area (Å²) < 4.78 is 2.38. The van der Waals surface area contributed by atoms with E-state index < -0.39 is 0 Å². The van der Waals surface area contributed by atoms with Gasteiger partial charge in [-0.2, -0.15) is 0 Å². The second-order valence-corrected chi connectivity index (χ2v) is 14.4. The van der Waals surface area contributed by atoms with Crippen LogP contribution < -0.4 is 0 Å². The summed E-state index contributed by atoms with van der Waals surface area (Å²) in [5.41, 5.74) is 10.7. The van der Waals surface area contributed by atoms with Gasteiger partial charge in [-0.3, -0.25) is 0 Å². The van der Waals surface area contributed by atoms with Gasteiger partial charge in [0.15, 0.2) is 17.5 Å². The number of hydrogen-bond donors (Lipinski definition) is 0. The first-order valence-electron chi connectivity index (χ1n) is 19.3. The summed E-state index contributed by atoms with van der Waals surface area (Å²) in [7, 11) is 0. The summed E-state index contributed by atoms with van der Waals surface area (Å²) in [6, 6.07) is 72.8. The Kier molecular flexibility index (Phi) is 7.78. The van der Waals surface area contributed by atoms with Gasteiger partial charge in [0.25, 0.3) is 0 Å². The van der Waals surface area contributed by atoms with E-state index in [0.29, 0.717) is 17.5 Å². The van der Waals surface area contributed by atoms with Crippen LogP contribution in [0.2, 0.25) is 0 Å². The summed E-state index contributed by atoms with van der Waals surface area (Å²) in [6.45, 7) is 0. The highest BCUT2D eigenvalue weighted by atomic mass is 15.0. The molecule has 0 fully saturated rings. The quantitative estimate of drug-likeness (QED) is 0.160. The molecule has 2 aromatic heterocycles. The van der Waals surface area contributed by atoms with Gasteiger partial charge >= 0.3 is 0 Å². The van der Waals surface area contributed by atoms with Crippen LogP contribution in [-0.4, -0.2) is 19.5 Å². The van der Waals surface area contributed by atoms with E-state index in [0.717, 1.165) is 50.1 Å². The van der Waals surface area contributed by atoms with E-state index in [-0.39, 0.29) is 0 Å². The van der Waals surface area contributed by atoms with E-state index >= 15 is 0 Å². The summed E-state index contributed by atoms with van der Waals surface area (Å²) >= 11 is 0. The van der Waals surface area contributed by atoms with E-state index in [1.165, 1.54) is 37.9 Å². The largest absolute Gasteiger partial charge is 0.309 e. The fourth-order valence-electron chi connectivity index (χ4n) is 8.37. The van der Waals surface area contributed by atoms with Crippen LogP contribution in [0.5, 0.6) is 0 Å². The Bertz CT molecular complexity index is 3240. The number of rotatable bonds is 6. The van der Waals surface area contributed by atoms with Crippen LogP contribution in [-0.2, 0) is 0 Å². The second kappa shape index (κ2) is 13.6. The van der Waals surface area contributed by atoms with Crippen LogP contribution in [0, 0.1) is 0 Å². The van der Waals surface area contributed by atoms with Crippen molar-refractivity contribution < 1.29 is 0 Å². The molecule has 0 bridgehead atoms. The van der Waals surface area contributed by atoms with Crippen molar-refractivity contribution in [1.82, 2.24) is 19.5 Å². The highest BCUT2D eigenvalue weighted by Gasteiger charge is 2.19. The molecule has 4 nitrogen and oxygen atoms in total. The Morgan fingerprint density at radius 2 is 0.772 bits per heavy atom. The SMILES string of the molecule is c1ccc(-c2nc(-c3cccc(-c4cc5ccccc5c5ccccc45)c3)nc(-c3ccc(-c4ccccc4)c(-n4c5ccccc5c5ccccc54)c3)n2)cc1. The maximum atomic E-state index is 5.26. The Hall–Kier alpha value is -7.69. The van der Waals surface area contributed by atoms with Gasteiger partial charge in [-0.15, -0.1) is 0 Å². The van der Waals surface area contributed by atoms with Crippen molar-refractivity contribution in [2.45, 2.75) is 0 Å². The lowest BCUT2D eigenvalue weighted by molar-refractivity contribution is 1.07. The lowest BCUT2D eigenvalue weighted by Gasteiger charge is -2.16. The standard InChI is InChI=1S/C53H34N4/c1-3-16-35(17-4-1)42-31-30-40(34-50(42)57-48-28-13-11-26-45(48)46-27-12-14-29-49(46)57)53-55-51(36-18-5-2-6-19-36)54-52(56-53)39-22-15-21-37(32-39)47-33-38-20-7-8-23-41(38)43-24-9-10-25-44(43)47/h1-34H. The van der Waals surface area contributed by atoms with E-state index in [1.807, 2.05) is 18.2 Å². The van der Waals surface area contributed by atoms with Gasteiger partial charge in [0, 0.05) is 33.0 Å². The predicted molar refractivity (Wildman–Crippen MR) is 236 cm³/mol. The number of para-hydroxylation sites is 2. The van der Waals surface area contributed by atoms with Gasteiger partial charge in [-0.25, -0.2) is 15.0 Å². The first-order chi connectivity index (χ1) is 28.3. The van der Waals surface area contributed by atoms with Crippen molar-refractivity contribution in [2.24, 2.45) is 0 Å². The van der Waals surface area contributed by atoms with E-state index in [9.17, 15) is 0 Å². The van der Waals surface area contributed by atoms with Crippen LogP contribution in [0.15, 0.2) is 206 Å². The zero-order chi connectivity index (χ0) is 37.7. The second-order valence-electron chi connectivity index (χ2n) is 14.4. The molecule has 0 aliphatic heterocycles. The summed E-state index contributed by atoms with van der Waals surface area (Å²) in [4.78, 5) is 15.6. The first-order valence-corrected chi connectivity index (χ1v) is 19.3. The van der Waals surface area contributed by atoms with Gasteiger partial charge in [0.1, 0.15) is 0 Å². The lowest BCUT2D eigenvalue weighted by atomic mass is 9.92. The van der Waals surface area contributed by atoms with Gasteiger partial charge in [0.05, 0.1) is 16.7 Å². The molecular formula is C53H34N4. The molecule has 0 aliphatic rings. The average molecular weight is 727 g/mol. The Morgan fingerprint density at radius 1 is 0.281 bits per heavy atom. The monoisotopic (exact) mass is 726 g/mol. The molecule has 11 rings (SSSR count). The molecule has 4 heteroatoms. The molecule has 0 saturated carbocycles. The highest BCUT2D eigenvalue weighted by Crippen LogP contribution is 2.39. The van der Waals surface area contributed by atoms with Crippen LogP contribution in [0.25, 0.3) is 105 Å². The molecule has 0 radical (unpaired) electrons. The predicted octanol–water partition coefficient (Wildman–Crippen LogP) is 13.6. The minimum atomic E-state index is 0.613. The van der Waals surface area contributed by atoms with Crippen molar-refractivity contribution in [3.05, 3.63) is 206 Å². The molecule has 0 amide bonds. The van der Waals surface area contributed by atoms with Gasteiger partial charge in [-0.1, -0.05) is 176 Å². The third-order valence-electron chi connectivity index (χ3n) is 11.0. The van der Waals surface area contributed by atoms with Crippen molar-refractivity contribution >= 4 is 43.4 Å². The van der Waals surface area contributed by atoms with Crippen molar-refractivity contribution in [3.63, 3.8) is 0 Å². The molecule has 0 spiro atoms. The van der Waals surface area contributed by atoms with Crippen molar-refractivity contribution in [2.75, 3.05) is 0 Å². The minimum Gasteiger partial charge on any atom is -0.309 e. The molecule has 11 aromatic rings. The average Bonchev–Trinajstić information content (AvgIpc) is 3.63. The van der Waals surface area contributed by atoms with Crippen molar-refractivity contribution in [1.29, 1.82) is 0 Å². The third kappa shape index (κ3) is 5.66. The molecule has 0 aliphatic carbocycles. The molecule has 57 heavy (non-hydrogen) atoms. The van der Waals surface area contributed by atoms with Gasteiger partial charge in [0.2, 0.25) is 0 Å². The summed E-state index contributed by atoms with van der Waals surface area (Å²) in [5.74, 6) is 1.86. The molecule has 266 valence electrons. The molecule has 2 heterocycles. The smallest absolute Gasteiger partial charge is 0.164 e. The van der Waals surface area contributed by atoms with Gasteiger partial charge < -0.3 is 4.57 Å².